The first-order chi connectivity index (χ1) is 11.7. The number of hydrogen-bond acceptors (Lipinski definition) is 7. The monoisotopic (exact) mass is 523 g/mol. The molecular weight excluding hydrogens is 503 g/mol. The van der Waals surface area contributed by atoms with E-state index in [1.54, 1.807) is 12.4 Å². The molecule has 2 N–H and O–H groups in total. The van der Waals surface area contributed by atoms with Gasteiger partial charge in [-0.2, -0.15) is 0 Å². The average molecular weight is 523 g/mol. The van der Waals surface area contributed by atoms with E-state index in [0.717, 1.165) is 12.8 Å². The quantitative estimate of drug-likeness (QED) is 0.321. The number of anilines is 1. The molecule has 0 spiro atoms. The maximum absolute atomic E-state index is 9.35. The number of hydrogen-bond donors (Lipinski definition) is 2. The van der Waals surface area contributed by atoms with Gasteiger partial charge in [-0.05, 0) is 0 Å². The molecule has 3 atom stereocenters. The molecule has 0 bridgehead atoms. The van der Waals surface area contributed by atoms with Crippen LogP contribution in [0.5, 0.6) is 5.88 Å². The molecule has 0 aliphatic carbocycles. The van der Waals surface area contributed by atoms with Gasteiger partial charge in [0.25, 0.3) is 0 Å². The van der Waals surface area contributed by atoms with Gasteiger partial charge in [-0.3, -0.25) is 0 Å². The summed E-state index contributed by atoms with van der Waals surface area (Å²) >= 11 is 0.519. The minimum absolute atomic E-state index is 0.0207. The molecule has 24 heavy (non-hydrogen) atoms. The van der Waals surface area contributed by atoms with Gasteiger partial charge in [0.2, 0.25) is 0 Å². The van der Waals surface area contributed by atoms with Crippen LogP contribution in [-0.2, 0) is 4.74 Å². The van der Waals surface area contributed by atoms with Crippen molar-refractivity contribution >= 4 is 43.2 Å². The summed E-state index contributed by atoms with van der Waals surface area (Å²) in [6, 6.07) is 0. The fraction of sp³-hybridized carbons (Fsp3) is 0.533. The van der Waals surface area contributed by atoms with Gasteiger partial charge in [-0.1, -0.05) is 0 Å². The fourth-order valence-corrected chi connectivity index (χ4v) is 3.36. The second-order valence-corrected chi connectivity index (χ2v) is 6.91. The molecule has 126 valence electrons. The molecule has 1 fully saturated rings. The standard InChI is InChI=1S/C15H20N5O3.Tl/c1-3-4-5-22-13-11-12(18-15(16)19-13)20(8-17-11)14-9(2)6-10(7-21)23-14;/h3,8-10,14,21H,1,4-7H2,2H3,(H-,16,18,19);/q-1;+1. The predicted molar refractivity (Wildman–Crippen MR) is 89.8 cm³/mol. The maximum atomic E-state index is 9.35. The number of nitrogens with zero attached hydrogens (tertiary/aromatic N) is 4. The summed E-state index contributed by atoms with van der Waals surface area (Å²) in [5.74, 6) is 1.26. The summed E-state index contributed by atoms with van der Waals surface area (Å²) < 4.78 is 16.7. The Bertz CT molecular complexity index is 722. The molecule has 0 saturated carbocycles. The van der Waals surface area contributed by atoms with Crippen molar-refractivity contribution in [3.05, 3.63) is 19.0 Å². The molecule has 1 aliphatic heterocycles. The van der Waals surface area contributed by atoms with E-state index >= 15 is 0 Å². The van der Waals surface area contributed by atoms with Crippen molar-refractivity contribution in [3.8, 4) is 5.88 Å². The molecule has 9 heteroatoms. The van der Waals surface area contributed by atoms with Crippen LogP contribution in [0.25, 0.3) is 11.2 Å². The van der Waals surface area contributed by atoms with Gasteiger partial charge in [0.15, 0.2) is 0 Å². The van der Waals surface area contributed by atoms with Crippen LogP contribution in [0.1, 0.15) is 26.0 Å². The van der Waals surface area contributed by atoms with Gasteiger partial charge in [0.1, 0.15) is 0 Å². The Morgan fingerprint density at radius 1 is 1.58 bits per heavy atom. The Labute approximate surface area is 156 Å². The zero-order valence-corrected chi connectivity index (χ0v) is 18.0. The van der Waals surface area contributed by atoms with E-state index in [0.29, 0.717) is 55.7 Å². The number of aliphatic hydroxyl groups excluding tert-OH is 1. The van der Waals surface area contributed by atoms with Crippen LogP contribution in [-0.4, -0.2) is 70.0 Å². The van der Waals surface area contributed by atoms with Crippen LogP contribution in [0.3, 0.4) is 0 Å². The van der Waals surface area contributed by atoms with Crippen LogP contribution < -0.4 is 7.86 Å². The van der Waals surface area contributed by atoms with E-state index in [9.17, 15) is 5.11 Å². The van der Waals surface area contributed by atoms with E-state index in [1.165, 1.54) is 0 Å². The summed E-state index contributed by atoms with van der Waals surface area (Å²) in [6.07, 6.45) is 4.70. The van der Waals surface area contributed by atoms with E-state index in [-0.39, 0.29) is 24.9 Å². The molecule has 0 amide bonds. The van der Waals surface area contributed by atoms with Gasteiger partial charge < -0.3 is 0 Å². The molecule has 1 saturated heterocycles. The van der Waals surface area contributed by atoms with Gasteiger partial charge in [-0.25, -0.2) is 0 Å². The Hall–Kier alpha value is -1.27. The first kappa shape index (κ1) is 17.6. The molecule has 3 rings (SSSR count). The zero-order valence-electron chi connectivity index (χ0n) is 13.6. The molecule has 3 heterocycles. The van der Waals surface area contributed by atoms with Crippen LogP contribution in [0.2, 0.25) is 0 Å². The average Bonchev–Trinajstić information content (AvgIpc) is 3.17. The van der Waals surface area contributed by atoms with Crippen molar-refractivity contribution in [2.45, 2.75) is 32.1 Å². The fourth-order valence-electron chi connectivity index (χ4n) is 2.86. The third kappa shape index (κ3) is 3.40. The molecule has 8 nitrogen and oxygen atoms in total. The summed E-state index contributed by atoms with van der Waals surface area (Å²) in [5, 5.41) is 9.35. The van der Waals surface area contributed by atoms with E-state index in [4.69, 9.17) is 9.47 Å². The minimum atomic E-state index is -0.201. The molecule has 2 aromatic heterocycles. The number of ether oxygens (including phenoxy) is 2. The van der Waals surface area contributed by atoms with E-state index < -0.39 is 0 Å². The molecule has 2 aromatic rings. The number of aromatic nitrogens is 4. The van der Waals surface area contributed by atoms with Crippen molar-refractivity contribution in [1.82, 2.24) is 19.5 Å². The second kappa shape index (κ2) is 7.74. The summed E-state index contributed by atoms with van der Waals surface area (Å²) in [4.78, 5) is 13.4. The first-order valence-corrected chi connectivity index (χ1v) is 10.1. The van der Waals surface area contributed by atoms with Crippen LogP contribution >= 0.6 is 0 Å². The molecule has 3 unspecified atom stereocenters. The molecule has 0 radical (unpaired) electrons. The SMILES string of the molecule is C=CCCOc1nc([NH][Tl])nc2c1ncn2C1OC(CO)CC1C. The number of imidazole rings is 1. The first-order valence-electron chi connectivity index (χ1n) is 7.89. The van der Waals surface area contributed by atoms with E-state index in [2.05, 4.69) is 31.6 Å². The van der Waals surface area contributed by atoms with Crippen molar-refractivity contribution in [2.75, 3.05) is 16.3 Å². The van der Waals surface area contributed by atoms with Crippen LogP contribution in [0.4, 0.5) is 5.95 Å². The Morgan fingerprint density at radius 3 is 3.08 bits per heavy atom. The van der Waals surface area contributed by atoms with Crippen molar-refractivity contribution < 1.29 is 14.6 Å². The van der Waals surface area contributed by atoms with E-state index in [1.807, 2.05) is 4.57 Å². The van der Waals surface area contributed by atoms with Gasteiger partial charge >= 0.3 is 156 Å². The van der Waals surface area contributed by atoms with Gasteiger partial charge in [0.05, 0.1) is 0 Å². The molecule has 0 aromatic carbocycles. The van der Waals surface area contributed by atoms with Gasteiger partial charge in [0, 0.05) is 0 Å². The Balaban J connectivity index is 1.98. The molecule has 1 aliphatic rings. The number of rotatable bonds is 7. The second-order valence-electron chi connectivity index (χ2n) is 5.79. The zero-order chi connectivity index (χ0) is 17.1. The van der Waals surface area contributed by atoms with Gasteiger partial charge in [-0.15, -0.1) is 0 Å². The number of fused-ring (bicyclic) bond motifs is 1. The van der Waals surface area contributed by atoms with Crippen molar-refractivity contribution in [2.24, 2.45) is 5.92 Å². The Kier molecular flexibility index (Phi) is 5.66. The summed E-state index contributed by atoms with van der Waals surface area (Å²) in [5.41, 5.74) is 1.29. The third-order valence-electron chi connectivity index (χ3n) is 4.01. The van der Waals surface area contributed by atoms with Crippen molar-refractivity contribution in [3.63, 3.8) is 0 Å². The topological polar surface area (TPSA) is 94.3 Å². The predicted octanol–water partition coefficient (Wildman–Crippen LogP) is 1.19. The molecular formula is C15H20N5O3Tl. The normalized spacial score (nSPS) is 23.5. The van der Waals surface area contributed by atoms with Crippen LogP contribution in [0, 0.1) is 5.92 Å². The number of nitrogens with one attached hydrogen (secondary N) is 1. The summed E-state index contributed by atoms with van der Waals surface area (Å²) in [6.45, 7) is 6.31. The summed E-state index contributed by atoms with van der Waals surface area (Å²) in [7, 11) is 0. The number of aliphatic hydroxyl groups is 1. The Morgan fingerprint density at radius 2 is 2.42 bits per heavy atom. The van der Waals surface area contributed by atoms with Crippen molar-refractivity contribution in [1.29, 1.82) is 0 Å². The van der Waals surface area contributed by atoms with Crippen LogP contribution in [0.15, 0.2) is 19.0 Å². The third-order valence-corrected chi connectivity index (χ3v) is 5.01.